The predicted octanol–water partition coefficient (Wildman–Crippen LogP) is 3.18. The molecule has 1 rings (SSSR count). The normalized spacial score (nSPS) is 12.2. The van der Waals surface area contributed by atoms with Crippen molar-refractivity contribution in [2.24, 2.45) is 0 Å². The number of hydrogen-bond acceptors (Lipinski definition) is 3. The average molecular weight is 298 g/mol. The zero-order chi connectivity index (χ0) is 16.5. The van der Waals surface area contributed by atoms with Crippen molar-refractivity contribution in [1.82, 2.24) is 0 Å². The third-order valence-electron chi connectivity index (χ3n) is 2.44. The highest BCUT2D eigenvalue weighted by atomic mass is 19.1. The van der Waals surface area contributed by atoms with E-state index in [-0.39, 0.29) is 11.9 Å². The number of aliphatic hydroxyl groups is 3. The van der Waals surface area contributed by atoms with Gasteiger partial charge in [-0.25, -0.2) is 4.39 Å². The third-order valence-corrected chi connectivity index (χ3v) is 2.44. The summed E-state index contributed by atoms with van der Waals surface area (Å²) in [5.41, 5.74) is 2.25. The van der Waals surface area contributed by atoms with E-state index in [9.17, 15) is 9.50 Å². The van der Waals surface area contributed by atoms with Gasteiger partial charge in [0.25, 0.3) is 0 Å². The van der Waals surface area contributed by atoms with E-state index in [1.54, 1.807) is 12.1 Å². The lowest BCUT2D eigenvalue weighted by Crippen LogP contribution is -2.15. The Balaban J connectivity index is 0.000000690. The fraction of sp³-hybridized carbons (Fsp3) is 0.529. The van der Waals surface area contributed by atoms with Gasteiger partial charge in [0.1, 0.15) is 5.82 Å². The molecule has 3 N–H and O–H groups in total. The minimum atomic E-state index is -1.50. The third kappa shape index (κ3) is 15.0. The fourth-order valence-electron chi connectivity index (χ4n) is 1.56. The average Bonchev–Trinajstić information content (AvgIpc) is 2.29. The maximum Gasteiger partial charge on any atom is 0.156 e. The highest BCUT2D eigenvalue weighted by Gasteiger charge is 2.04. The summed E-state index contributed by atoms with van der Waals surface area (Å²) in [6.45, 7) is 6.69. The van der Waals surface area contributed by atoms with Gasteiger partial charge in [-0.05, 0) is 64.7 Å². The minimum Gasteiger partial charge on any atom is -0.393 e. The molecule has 0 aliphatic heterocycles. The van der Waals surface area contributed by atoms with Crippen molar-refractivity contribution in [1.29, 1.82) is 0 Å². The summed E-state index contributed by atoms with van der Waals surface area (Å²) in [6.07, 6.45) is 4.01. The van der Waals surface area contributed by atoms with Crippen LogP contribution in [0.4, 0.5) is 4.39 Å². The number of rotatable bonds is 5. The Hall–Kier alpha value is -1.23. The molecule has 0 aliphatic carbocycles. The van der Waals surface area contributed by atoms with Crippen LogP contribution in [0.3, 0.4) is 0 Å². The van der Waals surface area contributed by atoms with Gasteiger partial charge in [-0.15, -0.1) is 0 Å². The Labute approximate surface area is 126 Å². The molecular formula is C17H27FO3. The molecule has 0 bridgehead atoms. The molecule has 0 amide bonds. The number of benzene rings is 1. The van der Waals surface area contributed by atoms with Crippen LogP contribution in [-0.4, -0.2) is 27.2 Å². The summed E-state index contributed by atoms with van der Waals surface area (Å²) in [6, 6.07) is 6.30. The second kappa shape index (κ2) is 9.66. The molecule has 0 heterocycles. The Bertz CT molecular complexity index is 409. The quantitative estimate of drug-likeness (QED) is 0.578. The number of allylic oxidation sites excluding steroid dienone is 2. The second-order valence-electron chi connectivity index (χ2n) is 5.84. The summed E-state index contributed by atoms with van der Waals surface area (Å²) in [5.74, 6) is -1.73. The van der Waals surface area contributed by atoms with Gasteiger partial charge >= 0.3 is 0 Å². The molecule has 1 unspecified atom stereocenters. The van der Waals surface area contributed by atoms with Crippen LogP contribution in [0.2, 0.25) is 0 Å². The molecule has 120 valence electrons. The van der Waals surface area contributed by atoms with Crippen molar-refractivity contribution in [3.63, 3.8) is 0 Å². The first kappa shape index (κ1) is 19.8. The zero-order valence-electron chi connectivity index (χ0n) is 13.3. The van der Waals surface area contributed by atoms with Crippen molar-refractivity contribution >= 4 is 0 Å². The summed E-state index contributed by atoms with van der Waals surface area (Å²) < 4.78 is 12.6. The van der Waals surface area contributed by atoms with Crippen LogP contribution in [0.1, 0.15) is 46.1 Å². The molecule has 0 radical (unpaired) electrons. The SMILES string of the molecule is CC(C)(O)O.CC(C)=CCCC(O)Cc1ccc(F)cc1. The van der Waals surface area contributed by atoms with Gasteiger partial charge < -0.3 is 15.3 Å². The van der Waals surface area contributed by atoms with Gasteiger partial charge in [0.05, 0.1) is 6.10 Å². The fourth-order valence-corrected chi connectivity index (χ4v) is 1.56. The molecule has 1 aromatic rings. The van der Waals surface area contributed by atoms with Gasteiger partial charge in [-0.1, -0.05) is 23.8 Å². The highest BCUT2D eigenvalue weighted by molar-refractivity contribution is 5.16. The highest BCUT2D eigenvalue weighted by Crippen LogP contribution is 2.10. The molecule has 1 atom stereocenters. The van der Waals surface area contributed by atoms with Crippen LogP contribution in [-0.2, 0) is 6.42 Å². The molecular weight excluding hydrogens is 271 g/mol. The van der Waals surface area contributed by atoms with E-state index < -0.39 is 5.79 Å². The standard InChI is InChI=1S/C14H19FO.C3H8O2/c1-11(2)4-3-5-14(16)10-12-6-8-13(15)9-7-12;1-3(2,4)5/h4,6-9,14,16H,3,5,10H2,1-2H3;4-5H,1-2H3. The van der Waals surface area contributed by atoms with Crippen LogP contribution >= 0.6 is 0 Å². The maximum atomic E-state index is 12.6. The molecule has 0 spiro atoms. The lowest BCUT2D eigenvalue weighted by atomic mass is 10.0. The first-order valence-corrected chi connectivity index (χ1v) is 7.08. The largest absolute Gasteiger partial charge is 0.393 e. The summed E-state index contributed by atoms with van der Waals surface area (Å²) >= 11 is 0. The topological polar surface area (TPSA) is 60.7 Å². The van der Waals surface area contributed by atoms with Gasteiger partial charge in [0, 0.05) is 0 Å². The Morgan fingerprint density at radius 1 is 1.19 bits per heavy atom. The van der Waals surface area contributed by atoms with Crippen LogP contribution in [0.15, 0.2) is 35.9 Å². The Morgan fingerprint density at radius 2 is 1.67 bits per heavy atom. The number of halogens is 1. The molecule has 1 aromatic carbocycles. The zero-order valence-corrected chi connectivity index (χ0v) is 13.3. The van der Waals surface area contributed by atoms with Crippen LogP contribution in [0, 0.1) is 5.82 Å². The van der Waals surface area contributed by atoms with Gasteiger partial charge in [-0.3, -0.25) is 0 Å². The molecule has 21 heavy (non-hydrogen) atoms. The summed E-state index contributed by atoms with van der Waals surface area (Å²) in [4.78, 5) is 0. The first-order chi connectivity index (χ1) is 9.58. The lowest BCUT2D eigenvalue weighted by molar-refractivity contribution is -0.127. The van der Waals surface area contributed by atoms with Crippen LogP contribution in [0.5, 0.6) is 0 Å². The second-order valence-corrected chi connectivity index (χ2v) is 5.84. The summed E-state index contributed by atoms with van der Waals surface area (Å²) in [5, 5.41) is 25.9. The van der Waals surface area contributed by atoms with E-state index >= 15 is 0 Å². The van der Waals surface area contributed by atoms with E-state index in [1.807, 2.05) is 13.8 Å². The Kier molecular flexibility index (Phi) is 9.09. The molecule has 0 fully saturated rings. The molecule has 0 aromatic heterocycles. The smallest absolute Gasteiger partial charge is 0.156 e. The lowest BCUT2D eigenvalue weighted by Gasteiger charge is -2.09. The molecule has 4 heteroatoms. The monoisotopic (exact) mass is 298 g/mol. The van der Waals surface area contributed by atoms with Crippen molar-refractivity contribution < 1.29 is 19.7 Å². The molecule has 0 saturated carbocycles. The van der Waals surface area contributed by atoms with E-state index in [1.165, 1.54) is 31.6 Å². The molecule has 0 saturated heterocycles. The maximum absolute atomic E-state index is 12.6. The number of hydrogen-bond donors (Lipinski definition) is 3. The van der Waals surface area contributed by atoms with Crippen molar-refractivity contribution in [3.05, 3.63) is 47.3 Å². The predicted molar refractivity (Wildman–Crippen MR) is 83.3 cm³/mol. The van der Waals surface area contributed by atoms with Gasteiger partial charge in [0.15, 0.2) is 5.79 Å². The van der Waals surface area contributed by atoms with Crippen LogP contribution < -0.4 is 0 Å². The number of aliphatic hydroxyl groups excluding tert-OH is 1. The first-order valence-electron chi connectivity index (χ1n) is 7.08. The van der Waals surface area contributed by atoms with Gasteiger partial charge in [-0.2, -0.15) is 0 Å². The van der Waals surface area contributed by atoms with E-state index in [4.69, 9.17) is 10.2 Å². The molecule has 0 aliphatic rings. The van der Waals surface area contributed by atoms with Crippen LogP contribution in [0.25, 0.3) is 0 Å². The van der Waals surface area contributed by atoms with E-state index in [2.05, 4.69) is 6.08 Å². The minimum absolute atomic E-state index is 0.234. The van der Waals surface area contributed by atoms with Gasteiger partial charge in [0.2, 0.25) is 0 Å². The Morgan fingerprint density at radius 3 is 2.10 bits per heavy atom. The van der Waals surface area contributed by atoms with Crippen molar-refractivity contribution in [2.45, 2.75) is 58.8 Å². The summed E-state index contributed by atoms with van der Waals surface area (Å²) in [7, 11) is 0. The van der Waals surface area contributed by atoms with Crippen molar-refractivity contribution in [3.8, 4) is 0 Å². The van der Waals surface area contributed by atoms with E-state index in [0.29, 0.717) is 6.42 Å². The van der Waals surface area contributed by atoms with E-state index in [0.717, 1.165) is 18.4 Å². The van der Waals surface area contributed by atoms with Crippen molar-refractivity contribution in [2.75, 3.05) is 0 Å². The molecule has 3 nitrogen and oxygen atoms in total.